The Bertz CT molecular complexity index is 717. The highest BCUT2D eigenvalue weighted by Gasteiger charge is 2.35. The van der Waals surface area contributed by atoms with Crippen molar-refractivity contribution < 1.29 is 13.2 Å². The van der Waals surface area contributed by atoms with E-state index < -0.39 is 10.2 Å². The van der Waals surface area contributed by atoms with E-state index in [1.807, 2.05) is 45.9 Å². The van der Waals surface area contributed by atoms with Crippen molar-refractivity contribution in [1.29, 1.82) is 0 Å². The first kappa shape index (κ1) is 23.8. The molecule has 0 saturated carbocycles. The molecule has 164 valence electrons. The van der Waals surface area contributed by atoms with Crippen molar-refractivity contribution in [3.63, 3.8) is 0 Å². The minimum absolute atomic E-state index is 0.0409. The van der Waals surface area contributed by atoms with Gasteiger partial charge in [-0.15, -0.1) is 0 Å². The molecule has 1 N–H and O–H groups in total. The first-order valence-electron chi connectivity index (χ1n) is 10.8. The first-order valence-corrected chi connectivity index (χ1v) is 12.2. The number of nitrogens with zero attached hydrogens (tertiary/aromatic N) is 2. The third-order valence-electron chi connectivity index (χ3n) is 5.17. The zero-order valence-corrected chi connectivity index (χ0v) is 19.1. The van der Waals surface area contributed by atoms with Crippen LogP contribution in [0.5, 0.6) is 0 Å². The number of rotatable bonds is 10. The molecule has 1 aromatic rings. The van der Waals surface area contributed by atoms with Crippen LogP contribution < -0.4 is 5.32 Å². The zero-order valence-electron chi connectivity index (χ0n) is 18.3. The average molecular weight is 424 g/mol. The molecule has 7 heteroatoms. The maximum atomic E-state index is 13.1. The van der Waals surface area contributed by atoms with Gasteiger partial charge < -0.3 is 5.32 Å². The number of hydrogen-bond donors (Lipinski definition) is 1. The first-order chi connectivity index (χ1) is 13.7. The Morgan fingerprint density at radius 3 is 2.14 bits per heavy atom. The van der Waals surface area contributed by atoms with Crippen molar-refractivity contribution in [3.05, 3.63) is 35.9 Å². The predicted octanol–water partition coefficient (Wildman–Crippen LogP) is 2.92. The maximum Gasteiger partial charge on any atom is 0.281 e. The van der Waals surface area contributed by atoms with Crippen LogP contribution in [0.3, 0.4) is 0 Å². The van der Waals surface area contributed by atoms with Gasteiger partial charge >= 0.3 is 0 Å². The van der Waals surface area contributed by atoms with E-state index in [-0.39, 0.29) is 23.7 Å². The SMILES string of the molecule is CC(C)CN(CC(C)C)S(=O)(=O)N1CCC(C(=O)NCCc2ccccc2)CC1. The van der Waals surface area contributed by atoms with Gasteiger partial charge in [-0.1, -0.05) is 58.0 Å². The molecule has 29 heavy (non-hydrogen) atoms. The third-order valence-corrected chi connectivity index (χ3v) is 7.14. The Morgan fingerprint density at radius 1 is 1.07 bits per heavy atom. The Balaban J connectivity index is 1.85. The van der Waals surface area contributed by atoms with Crippen LogP contribution in [0.2, 0.25) is 0 Å². The fourth-order valence-electron chi connectivity index (χ4n) is 3.71. The molecule has 0 radical (unpaired) electrons. The topological polar surface area (TPSA) is 69.7 Å². The van der Waals surface area contributed by atoms with Crippen molar-refractivity contribution in [2.24, 2.45) is 17.8 Å². The summed E-state index contributed by atoms with van der Waals surface area (Å²) in [5, 5.41) is 3.01. The molecular weight excluding hydrogens is 386 g/mol. The molecule has 1 aliphatic heterocycles. The lowest BCUT2D eigenvalue weighted by atomic mass is 9.97. The van der Waals surface area contributed by atoms with Gasteiger partial charge in [-0.05, 0) is 36.7 Å². The van der Waals surface area contributed by atoms with Crippen LogP contribution in [0.15, 0.2) is 30.3 Å². The van der Waals surface area contributed by atoms with Crippen molar-refractivity contribution in [2.45, 2.75) is 47.0 Å². The number of carbonyl (C=O) groups excluding carboxylic acids is 1. The van der Waals surface area contributed by atoms with E-state index in [0.717, 1.165) is 6.42 Å². The fraction of sp³-hybridized carbons (Fsp3) is 0.682. The van der Waals surface area contributed by atoms with Crippen LogP contribution in [0.4, 0.5) is 0 Å². The van der Waals surface area contributed by atoms with Crippen LogP contribution >= 0.6 is 0 Å². The lowest BCUT2D eigenvalue weighted by molar-refractivity contribution is -0.126. The highest BCUT2D eigenvalue weighted by Crippen LogP contribution is 2.23. The molecule has 0 atom stereocenters. The molecule has 1 aromatic carbocycles. The summed E-state index contributed by atoms with van der Waals surface area (Å²) in [7, 11) is -3.48. The molecule has 1 heterocycles. The summed E-state index contributed by atoms with van der Waals surface area (Å²) in [6, 6.07) is 10.1. The largest absolute Gasteiger partial charge is 0.356 e. The molecule has 0 unspecified atom stereocenters. The van der Waals surface area contributed by atoms with Crippen molar-refractivity contribution >= 4 is 16.1 Å². The molecule has 1 amide bonds. The number of benzene rings is 1. The molecule has 0 aromatic heterocycles. The lowest BCUT2D eigenvalue weighted by Crippen LogP contribution is -2.50. The summed E-state index contributed by atoms with van der Waals surface area (Å²) in [5.41, 5.74) is 1.20. The van der Waals surface area contributed by atoms with Crippen LogP contribution in [-0.2, 0) is 21.4 Å². The third kappa shape index (κ3) is 7.39. The van der Waals surface area contributed by atoms with Crippen molar-refractivity contribution in [3.8, 4) is 0 Å². The second-order valence-electron chi connectivity index (χ2n) is 8.81. The number of piperidine rings is 1. The average Bonchev–Trinajstić information content (AvgIpc) is 2.67. The number of nitrogens with one attached hydrogen (secondary N) is 1. The van der Waals surface area contributed by atoms with Gasteiger partial charge in [0, 0.05) is 38.6 Å². The second kappa shape index (κ2) is 11.1. The van der Waals surface area contributed by atoms with Gasteiger partial charge in [-0.3, -0.25) is 4.79 Å². The molecule has 6 nitrogen and oxygen atoms in total. The Labute approximate surface area is 176 Å². The summed E-state index contributed by atoms with van der Waals surface area (Å²) < 4.78 is 29.4. The Morgan fingerprint density at radius 2 is 1.62 bits per heavy atom. The number of carbonyl (C=O) groups is 1. The normalized spacial score (nSPS) is 16.7. The van der Waals surface area contributed by atoms with Crippen LogP contribution in [0.25, 0.3) is 0 Å². The van der Waals surface area contributed by atoms with E-state index in [4.69, 9.17) is 0 Å². The highest BCUT2D eigenvalue weighted by atomic mass is 32.2. The molecule has 1 aliphatic rings. The van der Waals surface area contributed by atoms with Gasteiger partial charge in [0.1, 0.15) is 0 Å². The van der Waals surface area contributed by atoms with Gasteiger partial charge in [0.25, 0.3) is 10.2 Å². The lowest BCUT2D eigenvalue weighted by Gasteiger charge is -2.35. The van der Waals surface area contributed by atoms with E-state index in [1.54, 1.807) is 8.61 Å². The number of hydrogen-bond acceptors (Lipinski definition) is 3. The zero-order chi connectivity index (χ0) is 21.4. The molecular formula is C22H37N3O3S. The van der Waals surface area contributed by atoms with E-state index in [2.05, 4.69) is 17.4 Å². The van der Waals surface area contributed by atoms with Crippen LogP contribution in [0.1, 0.15) is 46.1 Å². The molecule has 0 aliphatic carbocycles. The van der Waals surface area contributed by atoms with E-state index in [0.29, 0.717) is 45.6 Å². The second-order valence-corrected chi connectivity index (χ2v) is 10.7. The molecule has 0 spiro atoms. The van der Waals surface area contributed by atoms with Gasteiger partial charge in [-0.2, -0.15) is 17.0 Å². The van der Waals surface area contributed by atoms with Crippen molar-refractivity contribution in [1.82, 2.24) is 13.9 Å². The molecule has 1 saturated heterocycles. The summed E-state index contributed by atoms with van der Waals surface area (Å²) in [4.78, 5) is 12.5. The monoisotopic (exact) mass is 423 g/mol. The minimum atomic E-state index is -3.48. The quantitative estimate of drug-likeness (QED) is 0.629. The summed E-state index contributed by atoms with van der Waals surface area (Å²) >= 11 is 0. The van der Waals surface area contributed by atoms with E-state index in [1.165, 1.54) is 5.56 Å². The summed E-state index contributed by atoms with van der Waals surface area (Å²) in [6.45, 7) is 10.6. The molecule has 0 bridgehead atoms. The van der Waals surface area contributed by atoms with Gasteiger partial charge in [0.15, 0.2) is 0 Å². The maximum absolute atomic E-state index is 13.1. The van der Waals surface area contributed by atoms with Gasteiger partial charge in [0.05, 0.1) is 0 Å². The Kier molecular flexibility index (Phi) is 9.11. The summed E-state index contributed by atoms with van der Waals surface area (Å²) in [6.07, 6.45) is 1.96. The number of amides is 1. The van der Waals surface area contributed by atoms with Gasteiger partial charge in [-0.25, -0.2) is 0 Å². The van der Waals surface area contributed by atoms with E-state index in [9.17, 15) is 13.2 Å². The van der Waals surface area contributed by atoms with Crippen LogP contribution in [0, 0.1) is 17.8 Å². The smallest absolute Gasteiger partial charge is 0.281 e. The predicted molar refractivity (Wildman–Crippen MR) is 118 cm³/mol. The van der Waals surface area contributed by atoms with Crippen LogP contribution in [-0.4, -0.2) is 55.7 Å². The molecule has 2 rings (SSSR count). The van der Waals surface area contributed by atoms with Crippen molar-refractivity contribution in [2.75, 3.05) is 32.7 Å². The summed E-state index contributed by atoms with van der Waals surface area (Å²) in [5.74, 6) is 0.480. The van der Waals surface area contributed by atoms with Gasteiger partial charge in [0.2, 0.25) is 5.91 Å². The standard InChI is InChI=1S/C22H37N3O3S/c1-18(2)16-25(17-19(3)4)29(27,28)24-14-11-21(12-15-24)22(26)23-13-10-20-8-6-5-7-9-20/h5-9,18-19,21H,10-17H2,1-4H3,(H,23,26). The fourth-order valence-corrected chi connectivity index (χ4v) is 5.68. The highest BCUT2D eigenvalue weighted by molar-refractivity contribution is 7.86. The molecule has 1 fully saturated rings. The Hall–Kier alpha value is -1.44. The minimum Gasteiger partial charge on any atom is -0.356 e. The van der Waals surface area contributed by atoms with E-state index >= 15 is 0 Å².